The van der Waals surface area contributed by atoms with Gasteiger partial charge in [0.2, 0.25) is 0 Å². The van der Waals surface area contributed by atoms with Crippen LogP contribution >= 0.6 is 16.5 Å². The quantitative estimate of drug-likeness (QED) is 0.281. The number of nitrogens with one attached hydrogen (secondary N) is 2. The van der Waals surface area contributed by atoms with Gasteiger partial charge in [0.05, 0.1) is 0 Å². The van der Waals surface area contributed by atoms with Crippen LogP contribution in [0.15, 0.2) is 12.7 Å². The largest absolute Gasteiger partial charge is 0.692 e. The molecule has 0 fully saturated rings. The summed E-state index contributed by atoms with van der Waals surface area (Å²) in [5.41, 5.74) is 0. The summed E-state index contributed by atoms with van der Waals surface area (Å²) in [4.78, 5) is 28.5. The van der Waals surface area contributed by atoms with Crippen molar-refractivity contribution in [2.45, 2.75) is 0 Å². The lowest BCUT2D eigenvalue weighted by molar-refractivity contribution is 0.403. The molecule has 2 aromatic rings. The van der Waals surface area contributed by atoms with Gasteiger partial charge in [0.25, 0.3) is 0 Å². The van der Waals surface area contributed by atoms with Crippen LogP contribution < -0.4 is 0 Å². The number of aromatic amines is 2. The Bertz CT molecular complexity index is 298. The zero-order chi connectivity index (χ0) is 14.2. The first kappa shape index (κ1) is 18.5. The first-order valence-electron chi connectivity index (χ1n) is 3.49. The third kappa shape index (κ3) is 36.8. The lowest BCUT2D eigenvalue weighted by atomic mass is 11.4. The average molecular weight is 302 g/mol. The Balaban J connectivity index is 0. The van der Waals surface area contributed by atoms with E-state index in [4.69, 9.17) is 28.7 Å². The Hall–Kier alpha value is -1.82. The molecule has 2 rings (SSSR count). The Morgan fingerprint density at radius 2 is 1.06 bits per heavy atom. The van der Waals surface area contributed by atoms with Crippen LogP contribution in [0.2, 0.25) is 0 Å². The van der Waals surface area contributed by atoms with Crippen LogP contribution in [0.25, 0.3) is 0 Å². The van der Waals surface area contributed by atoms with Gasteiger partial charge in [0.15, 0.2) is 12.7 Å². The molecule has 0 aliphatic heterocycles. The second kappa shape index (κ2) is 15.2. The molecule has 0 aliphatic carbocycles. The summed E-state index contributed by atoms with van der Waals surface area (Å²) in [5, 5.41) is 24.3. The fraction of sp³-hybridized carbons (Fsp3) is 0. The average Bonchev–Trinajstić information content (AvgIpc) is 2.96. The number of aromatic nitrogens is 8. The van der Waals surface area contributed by atoms with Crippen molar-refractivity contribution in [3.63, 3.8) is 0 Å². The van der Waals surface area contributed by atoms with Gasteiger partial charge >= 0.3 is 16.5 Å². The van der Waals surface area contributed by atoms with Gasteiger partial charge in [-0.15, -0.1) is 40.0 Å². The van der Waals surface area contributed by atoms with E-state index < -0.39 is 16.5 Å². The van der Waals surface area contributed by atoms with Crippen LogP contribution in [0.3, 0.4) is 0 Å². The molecule has 0 saturated carbocycles. The van der Waals surface area contributed by atoms with Crippen LogP contribution in [-0.2, 0) is 9.13 Å². The van der Waals surface area contributed by atoms with E-state index in [1.54, 1.807) is 0 Å². The van der Waals surface area contributed by atoms with Gasteiger partial charge in [-0.1, -0.05) is 10.4 Å². The second-order valence-electron chi connectivity index (χ2n) is 1.63. The molecule has 0 amide bonds. The van der Waals surface area contributed by atoms with Crippen molar-refractivity contribution in [2.24, 2.45) is 0 Å². The van der Waals surface area contributed by atoms with Crippen LogP contribution in [0.4, 0.5) is 0 Å². The molecule has 14 nitrogen and oxygen atoms in total. The Morgan fingerprint density at radius 3 is 1.11 bits per heavy atom. The monoisotopic (exact) mass is 302 g/mol. The molecule has 0 atom stereocenters. The van der Waals surface area contributed by atoms with E-state index in [2.05, 4.69) is 41.2 Å². The summed E-state index contributed by atoms with van der Waals surface area (Å²) in [6.45, 7) is 0. The maximum atomic E-state index is 8.70. The van der Waals surface area contributed by atoms with Crippen molar-refractivity contribution >= 4 is 16.5 Å². The molecule has 0 aliphatic rings. The first-order valence-corrected chi connectivity index (χ1v) is 5.82. The third-order valence-corrected chi connectivity index (χ3v) is 0.539. The second-order valence-corrected chi connectivity index (χ2v) is 2.64. The third-order valence-electron chi connectivity index (χ3n) is 0.539. The van der Waals surface area contributed by atoms with Crippen molar-refractivity contribution in [1.82, 2.24) is 41.2 Å². The number of hydrogen-bond acceptors (Lipinski definition) is 8. The molecule has 16 heteroatoms. The fourth-order valence-corrected chi connectivity index (χ4v) is 0.258. The maximum absolute atomic E-state index is 8.70. The SMILES string of the molecule is O=[P+](O)O.O=[P+](O)O.c1nn[nH]n1.c1nn[nH]n1. The van der Waals surface area contributed by atoms with Crippen LogP contribution in [0.1, 0.15) is 0 Å². The van der Waals surface area contributed by atoms with Crippen molar-refractivity contribution in [2.75, 3.05) is 0 Å². The van der Waals surface area contributed by atoms with E-state index in [9.17, 15) is 0 Å². The number of H-pyrrole nitrogens is 2. The summed E-state index contributed by atoms with van der Waals surface area (Å²) < 4.78 is 17.4. The van der Waals surface area contributed by atoms with Crippen molar-refractivity contribution in [1.29, 1.82) is 0 Å². The van der Waals surface area contributed by atoms with Gasteiger partial charge in [0, 0.05) is 9.13 Å². The van der Waals surface area contributed by atoms with E-state index in [0.717, 1.165) is 0 Å². The normalized spacial score (nSPS) is 7.33. The molecule has 0 aromatic carbocycles. The maximum Gasteiger partial charge on any atom is 0.692 e. The van der Waals surface area contributed by atoms with E-state index in [1.807, 2.05) is 0 Å². The van der Waals surface area contributed by atoms with E-state index in [-0.39, 0.29) is 0 Å². The topological polar surface area (TPSA) is 224 Å². The molecule has 2 aromatic heterocycles. The molecule has 0 radical (unpaired) electrons. The number of tetrazole rings is 2. The Kier molecular flexibility index (Phi) is 15.6. The minimum absolute atomic E-state index is 1.33. The Labute approximate surface area is 100.0 Å². The van der Waals surface area contributed by atoms with E-state index in [0.29, 0.717) is 0 Å². The molecule has 0 unspecified atom stereocenters. The lowest BCUT2D eigenvalue weighted by Gasteiger charge is -1.44. The number of hydrogen-bond donors (Lipinski definition) is 6. The predicted molar refractivity (Wildman–Crippen MR) is 52.4 cm³/mol. The highest BCUT2D eigenvalue weighted by Crippen LogP contribution is 1.98. The summed E-state index contributed by atoms with van der Waals surface area (Å²) in [7, 11) is -5.74. The highest BCUT2D eigenvalue weighted by Gasteiger charge is 1.93. The predicted octanol–water partition coefficient (Wildman–Crippen LogP) is -2.34. The van der Waals surface area contributed by atoms with Crippen LogP contribution in [0.5, 0.6) is 0 Å². The standard InChI is InChI=1S/2CH2N4.2HO3P/c2*1-2-4-5-3-1;2*1-4(2)3/h2*1H,(H,2,3,4,5);2*(H-,1,2,3)/p+2. The Morgan fingerprint density at radius 1 is 0.778 bits per heavy atom. The zero-order valence-corrected chi connectivity index (χ0v) is 10.1. The van der Waals surface area contributed by atoms with Gasteiger partial charge in [-0.3, -0.25) is 0 Å². The summed E-state index contributed by atoms with van der Waals surface area (Å²) >= 11 is 0. The van der Waals surface area contributed by atoms with E-state index in [1.165, 1.54) is 12.7 Å². The summed E-state index contributed by atoms with van der Waals surface area (Å²) in [6, 6.07) is 0. The van der Waals surface area contributed by atoms with Crippen LogP contribution in [0, 0.1) is 0 Å². The molecule has 6 N–H and O–H groups in total. The van der Waals surface area contributed by atoms with Crippen molar-refractivity contribution in [3.8, 4) is 0 Å². The molecular weight excluding hydrogens is 294 g/mol. The van der Waals surface area contributed by atoms with Crippen molar-refractivity contribution < 1.29 is 28.7 Å². The smallest absolute Gasteiger partial charge is 0.177 e. The molecule has 0 spiro atoms. The first-order chi connectivity index (χ1) is 8.46. The molecular formula is C2H8N8O6P2+2. The lowest BCUT2D eigenvalue weighted by Crippen LogP contribution is -1.64. The van der Waals surface area contributed by atoms with Crippen LogP contribution in [-0.4, -0.2) is 60.8 Å². The van der Waals surface area contributed by atoms with Gasteiger partial charge in [0.1, 0.15) is 0 Å². The zero-order valence-electron chi connectivity index (χ0n) is 8.34. The van der Waals surface area contributed by atoms with Gasteiger partial charge in [-0.25, -0.2) is 0 Å². The number of rotatable bonds is 0. The number of nitrogens with zero attached hydrogens (tertiary/aromatic N) is 6. The van der Waals surface area contributed by atoms with Gasteiger partial charge in [-0.05, 0) is 0 Å². The molecule has 100 valence electrons. The minimum atomic E-state index is -2.87. The molecule has 18 heavy (non-hydrogen) atoms. The minimum Gasteiger partial charge on any atom is -0.177 e. The highest BCUT2D eigenvalue weighted by atomic mass is 31.1. The van der Waals surface area contributed by atoms with Gasteiger partial charge < -0.3 is 0 Å². The highest BCUT2D eigenvalue weighted by molar-refractivity contribution is 7.31. The summed E-state index contributed by atoms with van der Waals surface area (Å²) in [6.07, 6.45) is 2.67. The fourth-order valence-electron chi connectivity index (χ4n) is 0.258. The summed E-state index contributed by atoms with van der Waals surface area (Å²) in [5.74, 6) is 0. The molecule has 2 heterocycles. The van der Waals surface area contributed by atoms with Gasteiger partial charge in [-0.2, -0.15) is 10.4 Å². The molecule has 0 bridgehead atoms. The van der Waals surface area contributed by atoms with Crippen molar-refractivity contribution in [3.05, 3.63) is 12.7 Å². The molecule has 0 saturated heterocycles. The van der Waals surface area contributed by atoms with E-state index >= 15 is 0 Å².